The molecule has 0 aliphatic rings. The summed E-state index contributed by atoms with van der Waals surface area (Å²) in [4.78, 5) is 24.2. The maximum absolute atomic E-state index is 12.3. The molecule has 0 aromatic heterocycles. The van der Waals surface area contributed by atoms with Crippen LogP contribution in [-0.2, 0) is 9.59 Å². The molecule has 3 heteroatoms. The fraction of sp³-hybridized carbons (Fsp3) is 0.250. The molecule has 0 unspecified atom stereocenters. The van der Waals surface area contributed by atoms with Crippen molar-refractivity contribution in [2.24, 2.45) is 5.41 Å². The molecule has 0 aliphatic carbocycles. The number of ketones is 1. The molecule has 1 aromatic rings. The van der Waals surface area contributed by atoms with Gasteiger partial charge in [0.25, 0.3) is 0 Å². The standard InChI is InChI=1S/C16H15NO2/c1-4-11-16(12-5-2,13(3)18)15(19)17-14-9-7-6-8-10-14/h1-2,6-10H,11-12H2,3H3,(H,17,19). The van der Waals surface area contributed by atoms with Crippen LogP contribution in [0.4, 0.5) is 5.69 Å². The highest BCUT2D eigenvalue weighted by Gasteiger charge is 2.42. The maximum Gasteiger partial charge on any atom is 0.240 e. The lowest BCUT2D eigenvalue weighted by Crippen LogP contribution is -2.41. The van der Waals surface area contributed by atoms with Gasteiger partial charge in [-0.2, -0.15) is 0 Å². The Kier molecular flexibility index (Phi) is 4.92. The molecular weight excluding hydrogens is 238 g/mol. The van der Waals surface area contributed by atoms with Crippen LogP contribution in [0.15, 0.2) is 30.3 Å². The lowest BCUT2D eigenvalue weighted by Gasteiger charge is -2.26. The lowest BCUT2D eigenvalue weighted by atomic mass is 9.77. The van der Waals surface area contributed by atoms with Gasteiger partial charge < -0.3 is 5.32 Å². The van der Waals surface area contributed by atoms with Gasteiger partial charge in [0.05, 0.1) is 0 Å². The number of hydrogen-bond donors (Lipinski definition) is 1. The lowest BCUT2D eigenvalue weighted by molar-refractivity contribution is -0.137. The van der Waals surface area contributed by atoms with Crippen LogP contribution in [0, 0.1) is 30.1 Å². The Bertz CT molecular complexity index is 530. The predicted octanol–water partition coefficient (Wildman–Crippen LogP) is 2.25. The van der Waals surface area contributed by atoms with Crippen molar-refractivity contribution >= 4 is 17.4 Å². The number of hydrogen-bond acceptors (Lipinski definition) is 2. The van der Waals surface area contributed by atoms with Crippen molar-refractivity contribution < 1.29 is 9.59 Å². The summed E-state index contributed by atoms with van der Waals surface area (Å²) < 4.78 is 0. The molecule has 0 bridgehead atoms. The maximum atomic E-state index is 12.3. The van der Waals surface area contributed by atoms with Crippen LogP contribution in [0.2, 0.25) is 0 Å². The molecule has 1 rings (SSSR count). The molecule has 96 valence electrons. The third kappa shape index (κ3) is 3.24. The fourth-order valence-electron chi connectivity index (χ4n) is 1.75. The topological polar surface area (TPSA) is 46.2 Å². The smallest absolute Gasteiger partial charge is 0.240 e. The molecule has 1 aromatic carbocycles. The van der Waals surface area contributed by atoms with Gasteiger partial charge in [0.2, 0.25) is 5.91 Å². The van der Waals surface area contributed by atoms with Gasteiger partial charge in [0, 0.05) is 18.5 Å². The second kappa shape index (κ2) is 6.42. The minimum Gasteiger partial charge on any atom is -0.325 e. The molecule has 0 atom stereocenters. The molecular formula is C16H15NO2. The summed E-state index contributed by atoms with van der Waals surface area (Å²) >= 11 is 0. The van der Waals surface area contributed by atoms with Gasteiger partial charge in [-0.05, 0) is 19.1 Å². The molecule has 0 radical (unpaired) electrons. The number of carbonyl (C=O) groups is 2. The third-order valence-corrected chi connectivity index (χ3v) is 2.95. The third-order valence-electron chi connectivity index (χ3n) is 2.95. The van der Waals surface area contributed by atoms with E-state index in [2.05, 4.69) is 17.2 Å². The van der Waals surface area contributed by atoms with E-state index in [1.165, 1.54) is 6.92 Å². The van der Waals surface area contributed by atoms with Crippen LogP contribution >= 0.6 is 0 Å². The van der Waals surface area contributed by atoms with Gasteiger partial charge in [-0.25, -0.2) is 0 Å². The summed E-state index contributed by atoms with van der Waals surface area (Å²) in [5.74, 6) is 3.95. The summed E-state index contributed by atoms with van der Waals surface area (Å²) in [5.41, 5.74) is -0.744. The predicted molar refractivity (Wildman–Crippen MR) is 75.1 cm³/mol. The van der Waals surface area contributed by atoms with Gasteiger partial charge >= 0.3 is 0 Å². The number of rotatable bonds is 5. The quantitative estimate of drug-likeness (QED) is 0.646. The van der Waals surface area contributed by atoms with Crippen molar-refractivity contribution in [2.75, 3.05) is 5.32 Å². The molecule has 0 spiro atoms. The summed E-state index contributed by atoms with van der Waals surface area (Å²) in [6.07, 6.45) is 10.5. The molecule has 1 N–H and O–H groups in total. The van der Waals surface area contributed by atoms with Gasteiger partial charge in [0.15, 0.2) is 0 Å². The summed E-state index contributed by atoms with van der Waals surface area (Å²) in [7, 11) is 0. The highest BCUT2D eigenvalue weighted by atomic mass is 16.2. The number of para-hydroxylation sites is 1. The first kappa shape index (κ1) is 14.5. The van der Waals surface area contributed by atoms with E-state index in [-0.39, 0.29) is 18.6 Å². The van der Waals surface area contributed by atoms with Crippen molar-refractivity contribution in [1.82, 2.24) is 0 Å². The van der Waals surface area contributed by atoms with E-state index in [1.807, 2.05) is 6.07 Å². The first-order chi connectivity index (χ1) is 9.06. The van der Waals surface area contributed by atoms with Crippen LogP contribution in [0.25, 0.3) is 0 Å². The number of Topliss-reactive ketones (excluding diaryl/α,β-unsaturated/α-hetero) is 1. The van der Waals surface area contributed by atoms with Crippen molar-refractivity contribution in [3.8, 4) is 24.7 Å². The normalized spacial score (nSPS) is 10.1. The molecule has 0 heterocycles. The second-order valence-electron chi connectivity index (χ2n) is 4.22. The largest absolute Gasteiger partial charge is 0.325 e. The summed E-state index contributed by atoms with van der Waals surface area (Å²) in [6, 6.07) is 8.86. The van der Waals surface area contributed by atoms with Crippen LogP contribution in [0.3, 0.4) is 0 Å². The van der Waals surface area contributed by atoms with Crippen LogP contribution in [0.5, 0.6) is 0 Å². The molecule has 0 saturated heterocycles. The van der Waals surface area contributed by atoms with Crippen molar-refractivity contribution in [2.45, 2.75) is 19.8 Å². The number of benzene rings is 1. The Morgan fingerprint density at radius 1 is 1.16 bits per heavy atom. The number of terminal acetylenes is 2. The molecule has 1 amide bonds. The van der Waals surface area contributed by atoms with Crippen molar-refractivity contribution in [3.05, 3.63) is 30.3 Å². The molecule has 0 saturated carbocycles. The van der Waals surface area contributed by atoms with Crippen LogP contribution < -0.4 is 5.32 Å². The van der Waals surface area contributed by atoms with Crippen LogP contribution in [0.1, 0.15) is 19.8 Å². The fourth-order valence-corrected chi connectivity index (χ4v) is 1.75. The van der Waals surface area contributed by atoms with E-state index in [4.69, 9.17) is 12.8 Å². The summed E-state index contributed by atoms with van der Waals surface area (Å²) in [6.45, 7) is 1.33. The molecule has 0 aliphatic heterocycles. The molecule has 19 heavy (non-hydrogen) atoms. The van der Waals surface area contributed by atoms with Gasteiger partial charge in [-0.3, -0.25) is 9.59 Å². The zero-order valence-electron chi connectivity index (χ0n) is 10.8. The minimum atomic E-state index is -1.35. The van der Waals surface area contributed by atoms with E-state index in [1.54, 1.807) is 24.3 Å². The zero-order valence-corrected chi connectivity index (χ0v) is 10.8. The number of nitrogens with one attached hydrogen (secondary N) is 1. The molecule has 3 nitrogen and oxygen atoms in total. The monoisotopic (exact) mass is 253 g/mol. The van der Waals surface area contributed by atoms with Crippen molar-refractivity contribution in [3.63, 3.8) is 0 Å². The highest BCUT2D eigenvalue weighted by molar-refractivity contribution is 6.11. The van der Waals surface area contributed by atoms with Crippen molar-refractivity contribution in [1.29, 1.82) is 0 Å². The highest BCUT2D eigenvalue weighted by Crippen LogP contribution is 2.29. The van der Waals surface area contributed by atoms with Gasteiger partial charge in [0.1, 0.15) is 11.2 Å². The van der Waals surface area contributed by atoms with E-state index < -0.39 is 11.3 Å². The second-order valence-corrected chi connectivity index (χ2v) is 4.22. The number of amides is 1. The summed E-state index contributed by atoms with van der Waals surface area (Å²) in [5, 5.41) is 2.68. The first-order valence-electron chi connectivity index (χ1n) is 5.81. The minimum absolute atomic E-state index is 0.00873. The Hall–Kier alpha value is -2.52. The van der Waals surface area contributed by atoms with Crippen LogP contribution in [-0.4, -0.2) is 11.7 Å². The Morgan fingerprint density at radius 3 is 2.11 bits per heavy atom. The van der Waals surface area contributed by atoms with Gasteiger partial charge in [-0.15, -0.1) is 24.7 Å². The number of carbonyl (C=O) groups excluding carboxylic acids is 2. The van der Waals surface area contributed by atoms with E-state index in [0.29, 0.717) is 5.69 Å². The van der Waals surface area contributed by atoms with E-state index in [0.717, 1.165) is 0 Å². The van der Waals surface area contributed by atoms with E-state index >= 15 is 0 Å². The molecule has 0 fully saturated rings. The Balaban J connectivity index is 3.05. The first-order valence-corrected chi connectivity index (χ1v) is 5.81. The van der Waals surface area contributed by atoms with Gasteiger partial charge in [-0.1, -0.05) is 18.2 Å². The Labute approximate surface area is 113 Å². The van der Waals surface area contributed by atoms with E-state index in [9.17, 15) is 9.59 Å². The zero-order chi connectivity index (χ0) is 14.3. The average Bonchev–Trinajstić information content (AvgIpc) is 2.39. The average molecular weight is 253 g/mol. The SMILES string of the molecule is C#CCC(CC#C)(C(C)=O)C(=O)Nc1ccccc1. The number of anilines is 1. The Morgan fingerprint density at radius 2 is 1.68 bits per heavy atom.